The Balaban J connectivity index is 1.41. The Bertz CT molecular complexity index is 2030. The molecule has 3 nitrogen and oxygen atoms in total. The van der Waals surface area contributed by atoms with Gasteiger partial charge in [0.1, 0.15) is 12.4 Å². The van der Waals surface area contributed by atoms with Gasteiger partial charge >= 0.3 is 0 Å². The molecule has 1 unspecified atom stereocenters. The van der Waals surface area contributed by atoms with Gasteiger partial charge in [0.05, 0.1) is 11.8 Å². The van der Waals surface area contributed by atoms with Crippen LogP contribution in [0.2, 0.25) is 0 Å². The number of allylic oxidation sites excluding steroid dienone is 1. The lowest BCUT2D eigenvalue weighted by atomic mass is 9.87. The monoisotopic (exact) mass is 568 g/mol. The Labute approximate surface area is 258 Å². The van der Waals surface area contributed by atoms with Crippen molar-refractivity contribution in [3.8, 4) is 28.0 Å². The zero-order chi connectivity index (χ0) is 29.9. The standard InChI is InChI=1S/C41H32N2O/c1-3-38(31-19-11-6-12-20-31)43-41(42-28(2)29-15-7-4-8-16-29)32-23-24-33-27-44-39-26-36(30-17-9-5-10-18-30)34-21-13-14-22-35(34)40(39)37(33)25-32/h3-26,28H,1,27H2,2H3/b42-41-,43-38+. The second kappa shape index (κ2) is 12.0. The topological polar surface area (TPSA) is 34.0 Å². The predicted molar refractivity (Wildman–Crippen MR) is 184 cm³/mol. The summed E-state index contributed by atoms with van der Waals surface area (Å²) in [6, 6.07) is 48.2. The van der Waals surface area contributed by atoms with Crippen LogP contribution in [0.5, 0.6) is 5.75 Å². The molecule has 7 rings (SSSR count). The molecule has 0 saturated carbocycles. The van der Waals surface area contributed by atoms with Gasteiger partial charge < -0.3 is 4.74 Å². The van der Waals surface area contributed by atoms with Gasteiger partial charge in [-0.2, -0.15) is 0 Å². The van der Waals surface area contributed by atoms with Gasteiger partial charge in [-0.1, -0.05) is 134 Å². The first-order valence-electron chi connectivity index (χ1n) is 15.0. The summed E-state index contributed by atoms with van der Waals surface area (Å²) in [6.45, 7) is 6.71. The molecule has 0 aliphatic carbocycles. The maximum Gasteiger partial charge on any atom is 0.155 e. The maximum atomic E-state index is 6.41. The summed E-state index contributed by atoms with van der Waals surface area (Å²) in [5, 5.41) is 2.36. The summed E-state index contributed by atoms with van der Waals surface area (Å²) < 4.78 is 6.41. The van der Waals surface area contributed by atoms with Crippen LogP contribution in [0.15, 0.2) is 162 Å². The van der Waals surface area contributed by atoms with Crippen molar-refractivity contribution >= 4 is 22.3 Å². The molecule has 0 amide bonds. The molecule has 0 saturated heterocycles. The zero-order valence-corrected chi connectivity index (χ0v) is 24.7. The molecule has 0 radical (unpaired) electrons. The summed E-state index contributed by atoms with van der Waals surface area (Å²) in [5.41, 5.74) is 9.60. The largest absolute Gasteiger partial charge is 0.488 e. The molecule has 0 spiro atoms. The lowest BCUT2D eigenvalue weighted by molar-refractivity contribution is 0.303. The predicted octanol–water partition coefficient (Wildman–Crippen LogP) is 10.2. The molecule has 0 bridgehead atoms. The lowest BCUT2D eigenvalue weighted by Gasteiger charge is -2.25. The maximum absolute atomic E-state index is 6.41. The molecule has 44 heavy (non-hydrogen) atoms. The SMILES string of the molecule is C=C/C(=N\C(=N/C(C)c1ccccc1)c1ccc2c(c1)-c1c(cc(-c3ccccc3)c3ccccc13)OC2)c1ccccc1. The lowest BCUT2D eigenvalue weighted by Crippen LogP contribution is -2.10. The Morgan fingerprint density at radius 1 is 0.705 bits per heavy atom. The van der Waals surface area contributed by atoms with Gasteiger partial charge in [-0.25, -0.2) is 4.99 Å². The normalized spacial score (nSPS) is 13.5. The smallest absolute Gasteiger partial charge is 0.155 e. The van der Waals surface area contributed by atoms with Crippen LogP contribution in [-0.2, 0) is 6.61 Å². The molecule has 1 aliphatic rings. The summed E-state index contributed by atoms with van der Waals surface area (Å²) in [4.78, 5) is 10.3. The van der Waals surface area contributed by atoms with E-state index in [2.05, 4.69) is 111 Å². The van der Waals surface area contributed by atoms with Crippen molar-refractivity contribution in [3.05, 3.63) is 174 Å². The van der Waals surface area contributed by atoms with E-state index in [1.54, 1.807) is 6.08 Å². The van der Waals surface area contributed by atoms with Gasteiger partial charge in [0, 0.05) is 16.7 Å². The first-order valence-corrected chi connectivity index (χ1v) is 15.0. The van der Waals surface area contributed by atoms with Gasteiger partial charge in [-0.05, 0) is 63.7 Å². The molecule has 1 aliphatic heterocycles. The van der Waals surface area contributed by atoms with Crippen LogP contribution >= 0.6 is 0 Å². The molecule has 1 heterocycles. The van der Waals surface area contributed by atoms with E-state index in [9.17, 15) is 0 Å². The van der Waals surface area contributed by atoms with E-state index in [4.69, 9.17) is 14.7 Å². The van der Waals surface area contributed by atoms with Crippen LogP contribution in [0, 0.1) is 0 Å². The van der Waals surface area contributed by atoms with E-state index in [1.807, 2.05) is 42.5 Å². The van der Waals surface area contributed by atoms with Crippen LogP contribution in [0.25, 0.3) is 33.0 Å². The van der Waals surface area contributed by atoms with Gasteiger partial charge in [0.15, 0.2) is 5.84 Å². The minimum absolute atomic E-state index is 0.0855. The molecular weight excluding hydrogens is 536 g/mol. The summed E-state index contributed by atoms with van der Waals surface area (Å²) >= 11 is 0. The Morgan fingerprint density at radius 3 is 2.09 bits per heavy atom. The third-order valence-corrected chi connectivity index (χ3v) is 8.20. The molecule has 0 aromatic heterocycles. The number of hydrogen-bond donors (Lipinski definition) is 0. The van der Waals surface area contributed by atoms with Crippen molar-refractivity contribution in [1.29, 1.82) is 0 Å². The highest BCUT2D eigenvalue weighted by molar-refractivity contribution is 6.17. The number of aliphatic imine (C=N–C) groups is 2. The zero-order valence-electron chi connectivity index (χ0n) is 24.7. The third kappa shape index (κ3) is 5.25. The molecular formula is C41H32N2O. The summed E-state index contributed by atoms with van der Waals surface area (Å²) in [5.74, 6) is 1.56. The summed E-state index contributed by atoms with van der Waals surface area (Å²) in [6.07, 6.45) is 1.80. The van der Waals surface area contributed by atoms with Crippen LogP contribution in [0.4, 0.5) is 0 Å². The second-order valence-corrected chi connectivity index (χ2v) is 11.0. The average Bonchev–Trinajstić information content (AvgIpc) is 3.10. The van der Waals surface area contributed by atoms with Crippen LogP contribution in [0.1, 0.15) is 35.2 Å². The number of nitrogens with zero attached hydrogens (tertiary/aromatic N) is 2. The van der Waals surface area contributed by atoms with Crippen molar-refractivity contribution in [3.63, 3.8) is 0 Å². The highest BCUT2D eigenvalue weighted by atomic mass is 16.5. The molecule has 6 aromatic rings. The van der Waals surface area contributed by atoms with E-state index in [-0.39, 0.29) is 6.04 Å². The van der Waals surface area contributed by atoms with Crippen molar-refractivity contribution in [2.45, 2.75) is 19.6 Å². The van der Waals surface area contributed by atoms with E-state index in [1.165, 1.54) is 16.5 Å². The number of amidine groups is 1. The van der Waals surface area contributed by atoms with Gasteiger partial charge in [-0.3, -0.25) is 4.99 Å². The Hall–Kier alpha value is -5.54. The van der Waals surface area contributed by atoms with Crippen molar-refractivity contribution in [2.24, 2.45) is 9.98 Å². The average molecular weight is 569 g/mol. The Morgan fingerprint density at radius 2 is 1.36 bits per heavy atom. The Kier molecular flexibility index (Phi) is 7.44. The molecule has 6 aromatic carbocycles. The molecule has 0 fully saturated rings. The fraction of sp³-hybridized carbons (Fsp3) is 0.0732. The van der Waals surface area contributed by atoms with Crippen molar-refractivity contribution in [2.75, 3.05) is 0 Å². The van der Waals surface area contributed by atoms with Gasteiger partial charge in [0.2, 0.25) is 0 Å². The van der Waals surface area contributed by atoms with Crippen molar-refractivity contribution in [1.82, 2.24) is 0 Å². The minimum atomic E-state index is -0.0855. The molecule has 0 N–H and O–H groups in total. The minimum Gasteiger partial charge on any atom is -0.488 e. The number of fused-ring (bicyclic) bond motifs is 5. The first-order chi connectivity index (χ1) is 21.7. The van der Waals surface area contributed by atoms with Crippen LogP contribution in [0.3, 0.4) is 0 Å². The second-order valence-electron chi connectivity index (χ2n) is 11.0. The number of benzene rings is 6. The quantitative estimate of drug-likeness (QED) is 0.145. The highest BCUT2D eigenvalue weighted by Gasteiger charge is 2.23. The van der Waals surface area contributed by atoms with Gasteiger partial charge in [-0.15, -0.1) is 0 Å². The van der Waals surface area contributed by atoms with Crippen LogP contribution < -0.4 is 4.74 Å². The molecule has 212 valence electrons. The van der Waals surface area contributed by atoms with E-state index in [0.29, 0.717) is 12.4 Å². The van der Waals surface area contributed by atoms with E-state index >= 15 is 0 Å². The van der Waals surface area contributed by atoms with E-state index in [0.717, 1.165) is 50.2 Å². The number of hydrogen-bond acceptors (Lipinski definition) is 2. The summed E-state index contributed by atoms with van der Waals surface area (Å²) in [7, 11) is 0. The van der Waals surface area contributed by atoms with Crippen molar-refractivity contribution < 1.29 is 4.74 Å². The first kappa shape index (κ1) is 27.3. The van der Waals surface area contributed by atoms with Gasteiger partial charge in [0.25, 0.3) is 0 Å². The van der Waals surface area contributed by atoms with E-state index < -0.39 is 0 Å². The molecule has 3 heteroatoms. The fourth-order valence-corrected chi connectivity index (χ4v) is 5.94. The third-order valence-electron chi connectivity index (χ3n) is 8.20. The fourth-order valence-electron chi connectivity index (χ4n) is 5.94. The highest BCUT2D eigenvalue weighted by Crippen LogP contribution is 2.46. The number of rotatable bonds is 6. The van der Waals surface area contributed by atoms with Crippen LogP contribution in [-0.4, -0.2) is 11.5 Å². The number of ether oxygens (including phenoxy) is 1. The molecule has 1 atom stereocenters.